The van der Waals surface area contributed by atoms with Crippen molar-refractivity contribution in [2.45, 2.75) is 51.4 Å². The van der Waals surface area contributed by atoms with Gasteiger partial charge in [0.25, 0.3) is 0 Å². The zero-order chi connectivity index (χ0) is 16.7. The Morgan fingerprint density at radius 1 is 0.667 bits per heavy atom. The molecule has 2 aliphatic rings. The summed E-state index contributed by atoms with van der Waals surface area (Å²) in [4.78, 5) is 1.07. The number of hydrogen-bond acceptors (Lipinski definition) is 1. The van der Waals surface area contributed by atoms with Gasteiger partial charge >= 0.3 is 0 Å². The molecule has 0 bridgehead atoms. The maximum absolute atomic E-state index is 6.11. The van der Waals surface area contributed by atoms with Crippen molar-refractivity contribution >= 4 is 46.2 Å². The fourth-order valence-electron chi connectivity index (χ4n) is 4.35. The second-order valence-corrected chi connectivity index (χ2v) is 8.73. The molecule has 0 radical (unpaired) electrons. The van der Waals surface area contributed by atoms with Crippen LogP contribution in [0.3, 0.4) is 0 Å². The van der Waals surface area contributed by atoms with Crippen molar-refractivity contribution in [1.82, 2.24) is 0 Å². The summed E-state index contributed by atoms with van der Waals surface area (Å²) in [6.07, 6.45) is 9.96. The number of benzene rings is 2. The summed E-state index contributed by atoms with van der Waals surface area (Å²) in [6, 6.07) is 9.11. The van der Waals surface area contributed by atoms with Gasteiger partial charge in [0, 0.05) is 11.1 Å². The molecule has 0 saturated heterocycles. The molecule has 0 aliphatic heterocycles. The third-order valence-electron chi connectivity index (χ3n) is 5.58. The Labute approximate surface area is 155 Å². The number of hydrogen-bond donors (Lipinski definition) is 0. The van der Waals surface area contributed by atoms with Gasteiger partial charge in [-0.1, -0.05) is 36.5 Å². The molecule has 2 aromatic carbocycles. The zero-order valence-corrected chi connectivity index (χ0v) is 17.2. The predicted molar refractivity (Wildman–Crippen MR) is 116 cm³/mol. The Morgan fingerprint density at radius 3 is 1.54 bits per heavy atom. The lowest BCUT2D eigenvalue weighted by Gasteiger charge is -2.25. The Hall–Kier alpha value is -0.610. The van der Waals surface area contributed by atoms with E-state index in [1.54, 1.807) is 0 Å². The number of thiocarbonyl (C=S) groups is 1. The molecule has 4 rings (SSSR count). The van der Waals surface area contributed by atoms with E-state index in [0.717, 1.165) is 4.86 Å². The Morgan fingerprint density at radius 2 is 1.08 bits per heavy atom. The molecule has 0 N–H and O–H groups in total. The minimum Gasteiger partial charge on any atom is -0.105 e. The van der Waals surface area contributed by atoms with Crippen molar-refractivity contribution in [2.75, 3.05) is 0 Å². The average molecular weight is 370 g/mol. The first-order valence-corrected chi connectivity index (χ1v) is 10.6. The number of aryl methyl sites for hydroxylation is 2. The maximum Gasteiger partial charge on any atom is 0.0540 e. The highest BCUT2D eigenvalue weighted by molar-refractivity contribution is 7.81. The van der Waals surface area contributed by atoms with Gasteiger partial charge in [-0.05, 0) is 84.2 Å². The second kappa shape index (κ2) is 6.95. The van der Waals surface area contributed by atoms with Crippen molar-refractivity contribution in [3.63, 3.8) is 0 Å². The van der Waals surface area contributed by atoms with Gasteiger partial charge in [-0.2, -0.15) is 0 Å². The van der Waals surface area contributed by atoms with E-state index in [9.17, 15) is 0 Å². The SMILES string of the molecule is Pc1ccc2c(c1C(=S)c1c(P)ccc3c1CCCC3)CCCC2. The third-order valence-corrected chi connectivity index (χ3v) is 6.95. The van der Waals surface area contributed by atoms with Crippen LogP contribution in [0.15, 0.2) is 24.3 Å². The minimum atomic E-state index is 1.07. The summed E-state index contributed by atoms with van der Waals surface area (Å²) in [5.41, 5.74) is 8.71. The third kappa shape index (κ3) is 2.90. The monoisotopic (exact) mass is 370 g/mol. The van der Waals surface area contributed by atoms with Crippen LogP contribution in [0, 0.1) is 0 Å². The van der Waals surface area contributed by atoms with Crippen molar-refractivity contribution in [3.05, 3.63) is 57.6 Å². The van der Waals surface area contributed by atoms with Gasteiger partial charge in [0.1, 0.15) is 0 Å². The van der Waals surface area contributed by atoms with Gasteiger partial charge in [0.2, 0.25) is 0 Å². The first-order chi connectivity index (χ1) is 11.7. The minimum absolute atomic E-state index is 1.07. The smallest absolute Gasteiger partial charge is 0.0540 e. The standard InChI is InChI=1S/C21H24P2S/c22-17-11-9-13-5-1-3-7-15(13)19(17)21(24)20-16-8-4-2-6-14(16)10-12-18(20)23/h9-12H,1-8,22-23H2. The van der Waals surface area contributed by atoms with Gasteiger partial charge in [0.05, 0.1) is 4.86 Å². The fraction of sp³-hybridized carbons (Fsp3) is 0.381. The topological polar surface area (TPSA) is 0 Å². The molecule has 0 heterocycles. The summed E-state index contributed by atoms with van der Waals surface area (Å²) in [5, 5.41) is 2.52. The predicted octanol–water partition coefficient (Wildman–Crippen LogP) is 4.21. The molecule has 0 nitrogen and oxygen atoms in total. The Kier molecular flexibility index (Phi) is 4.88. The first kappa shape index (κ1) is 16.8. The van der Waals surface area contributed by atoms with E-state index in [2.05, 4.69) is 42.7 Å². The molecule has 0 spiro atoms. The molecule has 24 heavy (non-hydrogen) atoms. The lowest BCUT2D eigenvalue weighted by Crippen LogP contribution is -2.24. The molecule has 0 fully saturated rings. The second-order valence-electron chi connectivity index (χ2n) is 7.08. The molecule has 2 atom stereocenters. The van der Waals surface area contributed by atoms with Crippen LogP contribution in [0.2, 0.25) is 0 Å². The highest BCUT2D eigenvalue weighted by atomic mass is 32.1. The quantitative estimate of drug-likeness (QED) is 0.434. The number of fused-ring (bicyclic) bond motifs is 2. The van der Waals surface area contributed by atoms with Crippen LogP contribution in [-0.2, 0) is 25.7 Å². The first-order valence-electron chi connectivity index (χ1n) is 9.02. The molecule has 3 heteroatoms. The molecular weight excluding hydrogens is 346 g/mol. The van der Waals surface area contributed by atoms with Crippen LogP contribution in [-0.4, -0.2) is 4.86 Å². The van der Waals surface area contributed by atoms with E-state index in [1.807, 2.05) is 0 Å². The lowest BCUT2D eigenvalue weighted by molar-refractivity contribution is 0.684. The van der Waals surface area contributed by atoms with Gasteiger partial charge in [-0.15, -0.1) is 18.5 Å². The van der Waals surface area contributed by atoms with E-state index in [-0.39, 0.29) is 0 Å². The van der Waals surface area contributed by atoms with Crippen molar-refractivity contribution in [2.24, 2.45) is 0 Å². The van der Waals surface area contributed by atoms with Crippen LogP contribution in [0.25, 0.3) is 0 Å². The summed E-state index contributed by atoms with van der Waals surface area (Å²) in [7, 11) is 5.86. The fourth-order valence-corrected chi connectivity index (χ4v) is 5.87. The van der Waals surface area contributed by atoms with Crippen molar-refractivity contribution in [3.8, 4) is 0 Å². The highest BCUT2D eigenvalue weighted by Gasteiger charge is 2.23. The van der Waals surface area contributed by atoms with Crippen molar-refractivity contribution in [1.29, 1.82) is 0 Å². The van der Waals surface area contributed by atoms with Crippen LogP contribution in [0.5, 0.6) is 0 Å². The lowest BCUT2D eigenvalue weighted by atomic mass is 9.82. The molecule has 0 saturated carbocycles. The van der Waals surface area contributed by atoms with Crippen LogP contribution < -0.4 is 10.6 Å². The molecule has 2 aromatic rings. The molecule has 0 amide bonds. The van der Waals surface area contributed by atoms with E-state index < -0.39 is 0 Å². The van der Waals surface area contributed by atoms with Crippen LogP contribution in [0.4, 0.5) is 0 Å². The zero-order valence-electron chi connectivity index (χ0n) is 14.0. The van der Waals surface area contributed by atoms with E-state index in [1.165, 1.54) is 95.4 Å². The Balaban J connectivity index is 1.89. The van der Waals surface area contributed by atoms with Gasteiger partial charge in [-0.25, -0.2) is 0 Å². The van der Waals surface area contributed by atoms with Gasteiger partial charge in [-0.3, -0.25) is 0 Å². The van der Waals surface area contributed by atoms with E-state index >= 15 is 0 Å². The van der Waals surface area contributed by atoms with Crippen LogP contribution >= 0.6 is 30.7 Å². The number of rotatable bonds is 2. The molecule has 124 valence electrons. The normalized spacial score (nSPS) is 16.4. The molecular formula is C21H24P2S. The summed E-state index contributed by atoms with van der Waals surface area (Å²) < 4.78 is 0. The molecule has 0 aromatic heterocycles. The van der Waals surface area contributed by atoms with Crippen molar-refractivity contribution < 1.29 is 0 Å². The summed E-state index contributed by atoms with van der Waals surface area (Å²) in [6.45, 7) is 0. The summed E-state index contributed by atoms with van der Waals surface area (Å²) >= 11 is 6.11. The molecule has 2 unspecified atom stereocenters. The van der Waals surface area contributed by atoms with Gasteiger partial charge in [0.15, 0.2) is 0 Å². The molecule has 2 aliphatic carbocycles. The van der Waals surface area contributed by atoms with Gasteiger partial charge < -0.3 is 0 Å². The van der Waals surface area contributed by atoms with E-state index in [4.69, 9.17) is 12.2 Å². The Bertz CT molecular complexity index is 756. The average Bonchev–Trinajstić information content (AvgIpc) is 2.61. The summed E-state index contributed by atoms with van der Waals surface area (Å²) in [5.74, 6) is 0. The highest BCUT2D eigenvalue weighted by Crippen LogP contribution is 2.30. The van der Waals surface area contributed by atoms with E-state index in [0.29, 0.717) is 0 Å². The maximum atomic E-state index is 6.11. The van der Waals surface area contributed by atoms with Crippen LogP contribution in [0.1, 0.15) is 59.1 Å². The largest absolute Gasteiger partial charge is 0.105 e.